The lowest BCUT2D eigenvalue weighted by Gasteiger charge is -2.06. The normalized spacial score (nSPS) is 9.86. The lowest BCUT2D eigenvalue weighted by atomic mass is 10.3. The summed E-state index contributed by atoms with van der Waals surface area (Å²) in [5.41, 5.74) is 5.12. The molecule has 1 aromatic carbocycles. The third-order valence-corrected chi connectivity index (χ3v) is 2.02. The lowest BCUT2D eigenvalue weighted by molar-refractivity contribution is 0.311. The molecule has 0 aliphatic carbocycles. The van der Waals surface area contributed by atoms with Gasteiger partial charge in [-0.2, -0.15) is 0 Å². The first kappa shape index (κ1) is 11.0. The Balaban J connectivity index is 2.55. The molecular weight excluding hydrogens is 251 g/mol. The number of ether oxygens (including phenoxy) is 1. The molecule has 1 rings (SSSR count). The SMILES string of the molecule is N=C(N)CCOc1ccc(Br)cc1F. The van der Waals surface area contributed by atoms with Gasteiger partial charge in [-0.1, -0.05) is 15.9 Å². The molecule has 0 unspecified atom stereocenters. The monoisotopic (exact) mass is 260 g/mol. The Labute approximate surface area is 89.7 Å². The van der Waals surface area contributed by atoms with Gasteiger partial charge in [-0.25, -0.2) is 4.39 Å². The van der Waals surface area contributed by atoms with E-state index in [0.717, 1.165) is 0 Å². The Morgan fingerprint density at radius 3 is 2.86 bits per heavy atom. The Hall–Kier alpha value is -1.10. The molecule has 0 aromatic heterocycles. The molecule has 3 nitrogen and oxygen atoms in total. The third kappa shape index (κ3) is 3.33. The van der Waals surface area contributed by atoms with Crippen molar-refractivity contribution in [3.63, 3.8) is 0 Å². The molecule has 0 bridgehead atoms. The second kappa shape index (κ2) is 4.95. The fourth-order valence-corrected chi connectivity index (χ4v) is 1.20. The van der Waals surface area contributed by atoms with Crippen molar-refractivity contribution >= 4 is 21.8 Å². The van der Waals surface area contributed by atoms with Crippen LogP contribution in [0.1, 0.15) is 6.42 Å². The van der Waals surface area contributed by atoms with Gasteiger partial charge in [-0.15, -0.1) is 0 Å². The van der Waals surface area contributed by atoms with E-state index in [2.05, 4.69) is 15.9 Å². The molecular formula is C9H10BrFN2O. The van der Waals surface area contributed by atoms with Gasteiger partial charge in [0, 0.05) is 10.9 Å². The van der Waals surface area contributed by atoms with Gasteiger partial charge in [-0.05, 0) is 18.2 Å². The highest BCUT2D eigenvalue weighted by Crippen LogP contribution is 2.21. The van der Waals surface area contributed by atoms with E-state index < -0.39 is 5.82 Å². The van der Waals surface area contributed by atoms with Gasteiger partial charge in [0.1, 0.15) is 0 Å². The zero-order chi connectivity index (χ0) is 10.6. The van der Waals surface area contributed by atoms with Gasteiger partial charge in [0.15, 0.2) is 11.6 Å². The molecule has 0 radical (unpaired) electrons. The van der Waals surface area contributed by atoms with Crippen molar-refractivity contribution < 1.29 is 9.13 Å². The van der Waals surface area contributed by atoms with Crippen molar-refractivity contribution in [1.29, 1.82) is 5.41 Å². The molecule has 0 fully saturated rings. The van der Waals surface area contributed by atoms with Crippen LogP contribution < -0.4 is 10.5 Å². The summed E-state index contributed by atoms with van der Waals surface area (Å²) in [4.78, 5) is 0. The lowest BCUT2D eigenvalue weighted by Crippen LogP contribution is -2.14. The quantitative estimate of drug-likeness (QED) is 0.645. The first-order valence-corrected chi connectivity index (χ1v) is 4.79. The van der Waals surface area contributed by atoms with Crippen molar-refractivity contribution in [3.05, 3.63) is 28.5 Å². The molecule has 1 aromatic rings. The second-order valence-corrected chi connectivity index (χ2v) is 3.61. The van der Waals surface area contributed by atoms with E-state index in [1.165, 1.54) is 12.1 Å². The Morgan fingerprint density at radius 1 is 1.57 bits per heavy atom. The van der Waals surface area contributed by atoms with Crippen LogP contribution in [0, 0.1) is 11.2 Å². The summed E-state index contributed by atoms with van der Waals surface area (Å²) in [6.45, 7) is 0.216. The summed E-state index contributed by atoms with van der Waals surface area (Å²) in [7, 11) is 0. The van der Waals surface area contributed by atoms with Crippen molar-refractivity contribution in [2.45, 2.75) is 6.42 Å². The Bertz CT molecular complexity index is 344. The number of benzene rings is 1. The fraction of sp³-hybridized carbons (Fsp3) is 0.222. The number of halogens is 2. The molecule has 0 saturated heterocycles. The summed E-state index contributed by atoms with van der Waals surface area (Å²) < 4.78 is 18.9. The zero-order valence-corrected chi connectivity index (χ0v) is 8.97. The second-order valence-electron chi connectivity index (χ2n) is 2.70. The molecule has 0 heterocycles. The van der Waals surface area contributed by atoms with Gasteiger partial charge >= 0.3 is 0 Å². The summed E-state index contributed by atoms with van der Waals surface area (Å²) in [6.07, 6.45) is 0.301. The minimum absolute atomic E-state index is 0.0301. The van der Waals surface area contributed by atoms with Crippen LogP contribution in [0.4, 0.5) is 4.39 Å². The minimum Gasteiger partial charge on any atom is -0.490 e. The molecule has 3 N–H and O–H groups in total. The van der Waals surface area contributed by atoms with Crippen molar-refractivity contribution in [3.8, 4) is 5.75 Å². The molecule has 0 spiro atoms. The number of nitrogens with two attached hydrogens (primary N) is 1. The molecule has 5 heteroatoms. The van der Waals surface area contributed by atoms with E-state index in [1.807, 2.05) is 0 Å². The maximum atomic E-state index is 13.1. The average Bonchev–Trinajstić information content (AvgIpc) is 2.08. The summed E-state index contributed by atoms with van der Waals surface area (Å²) >= 11 is 3.14. The summed E-state index contributed by atoms with van der Waals surface area (Å²) in [5.74, 6) is -0.222. The smallest absolute Gasteiger partial charge is 0.166 e. The number of hydrogen-bond donors (Lipinski definition) is 2. The topological polar surface area (TPSA) is 59.1 Å². The highest BCUT2D eigenvalue weighted by atomic mass is 79.9. The van der Waals surface area contributed by atoms with Crippen LogP contribution in [0.2, 0.25) is 0 Å². The highest BCUT2D eigenvalue weighted by Gasteiger charge is 2.03. The van der Waals surface area contributed by atoms with E-state index >= 15 is 0 Å². The largest absolute Gasteiger partial charge is 0.490 e. The maximum absolute atomic E-state index is 13.1. The summed E-state index contributed by atoms with van der Waals surface area (Å²) in [5, 5.41) is 6.94. The van der Waals surface area contributed by atoms with Crippen molar-refractivity contribution in [1.82, 2.24) is 0 Å². The van der Waals surface area contributed by atoms with Crippen LogP contribution in [0.5, 0.6) is 5.75 Å². The number of hydrogen-bond acceptors (Lipinski definition) is 2. The molecule has 0 atom stereocenters. The first-order valence-electron chi connectivity index (χ1n) is 4.00. The van der Waals surface area contributed by atoms with Gasteiger partial charge in [0.25, 0.3) is 0 Å². The average molecular weight is 261 g/mol. The summed E-state index contributed by atoms with van der Waals surface area (Å²) in [6, 6.07) is 4.54. The van der Waals surface area contributed by atoms with Gasteiger partial charge in [0.2, 0.25) is 0 Å². The molecule has 0 aliphatic rings. The predicted molar refractivity (Wildman–Crippen MR) is 56.1 cm³/mol. The number of amidine groups is 1. The van der Waals surface area contributed by atoms with E-state index in [9.17, 15) is 4.39 Å². The predicted octanol–water partition coefficient (Wildman–Crippen LogP) is 2.29. The van der Waals surface area contributed by atoms with E-state index in [0.29, 0.717) is 10.9 Å². The molecule has 0 saturated carbocycles. The minimum atomic E-state index is -0.428. The fourth-order valence-electron chi connectivity index (χ4n) is 0.863. The molecule has 0 aliphatic heterocycles. The third-order valence-electron chi connectivity index (χ3n) is 1.52. The molecule has 14 heavy (non-hydrogen) atoms. The Morgan fingerprint density at radius 2 is 2.29 bits per heavy atom. The number of rotatable bonds is 4. The van der Waals surface area contributed by atoms with E-state index in [-0.39, 0.29) is 18.2 Å². The Kier molecular flexibility index (Phi) is 3.88. The maximum Gasteiger partial charge on any atom is 0.166 e. The van der Waals surface area contributed by atoms with Gasteiger partial charge < -0.3 is 10.5 Å². The first-order chi connectivity index (χ1) is 6.59. The van der Waals surface area contributed by atoms with Crippen LogP contribution >= 0.6 is 15.9 Å². The van der Waals surface area contributed by atoms with Gasteiger partial charge in [0.05, 0.1) is 12.4 Å². The highest BCUT2D eigenvalue weighted by molar-refractivity contribution is 9.10. The van der Waals surface area contributed by atoms with Crippen LogP contribution in [0.25, 0.3) is 0 Å². The van der Waals surface area contributed by atoms with Crippen molar-refractivity contribution in [2.24, 2.45) is 5.73 Å². The van der Waals surface area contributed by atoms with E-state index in [1.54, 1.807) is 6.07 Å². The van der Waals surface area contributed by atoms with Crippen molar-refractivity contribution in [2.75, 3.05) is 6.61 Å². The van der Waals surface area contributed by atoms with Gasteiger partial charge in [-0.3, -0.25) is 5.41 Å². The number of nitrogens with one attached hydrogen (secondary N) is 1. The molecule has 76 valence electrons. The van der Waals surface area contributed by atoms with Crippen LogP contribution in [-0.4, -0.2) is 12.4 Å². The molecule has 0 amide bonds. The van der Waals surface area contributed by atoms with Crippen LogP contribution in [-0.2, 0) is 0 Å². The standard InChI is InChI=1S/C9H10BrFN2O/c10-6-1-2-8(7(11)5-6)14-4-3-9(12)13/h1-2,5H,3-4H2,(H3,12,13). The van der Waals surface area contributed by atoms with Crippen LogP contribution in [0.3, 0.4) is 0 Å². The van der Waals surface area contributed by atoms with E-state index in [4.69, 9.17) is 15.9 Å². The zero-order valence-electron chi connectivity index (χ0n) is 7.39. The van der Waals surface area contributed by atoms with Crippen LogP contribution in [0.15, 0.2) is 22.7 Å².